The molecule has 0 unspecified atom stereocenters. The molecule has 166 valence electrons. The Morgan fingerprint density at radius 3 is 2.77 bits per heavy atom. The third-order valence-electron chi connectivity index (χ3n) is 6.24. The lowest BCUT2D eigenvalue weighted by molar-refractivity contribution is -0.0430. The van der Waals surface area contributed by atoms with E-state index in [-0.39, 0.29) is 34.2 Å². The predicted molar refractivity (Wildman–Crippen MR) is 120 cm³/mol. The fraction of sp³-hybridized carbons (Fsp3) is 0.500. The first-order chi connectivity index (χ1) is 14.7. The summed E-state index contributed by atoms with van der Waals surface area (Å²) in [5.41, 5.74) is 2.44. The van der Waals surface area contributed by atoms with Crippen LogP contribution in [-0.4, -0.2) is 43.9 Å². The van der Waals surface area contributed by atoms with E-state index in [2.05, 4.69) is 18.4 Å². The van der Waals surface area contributed by atoms with Gasteiger partial charge in [-0.05, 0) is 24.6 Å². The van der Waals surface area contributed by atoms with Crippen molar-refractivity contribution in [2.45, 2.75) is 39.2 Å². The molecule has 2 aliphatic rings. The average molecular weight is 446 g/mol. The summed E-state index contributed by atoms with van der Waals surface area (Å²) in [5, 5.41) is 0.486. The van der Waals surface area contributed by atoms with Crippen LogP contribution in [0.4, 0.5) is 0 Å². The Hall–Kier alpha value is -2.15. The maximum atomic E-state index is 12.7. The molecular weight excluding hydrogens is 418 g/mol. The minimum absolute atomic E-state index is 0.0324. The number of hydrogen-bond acceptors (Lipinski definition) is 5. The zero-order valence-corrected chi connectivity index (χ0v) is 19.1. The maximum absolute atomic E-state index is 12.7. The number of ketones is 1. The van der Waals surface area contributed by atoms with Crippen molar-refractivity contribution in [2.75, 3.05) is 33.5 Å². The van der Waals surface area contributed by atoms with Crippen LogP contribution < -0.4 is 10.2 Å². The van der Waals surface area contributed by atoms with E-state index < -0.39 is 0 Å². The predicted octanol–water partition coefficient (Wildman–Crippen LogP) is 4.48. The molecule has 0 amide bonds. The molecule has 1 aromatic carbocycles. The Bertz CT molecular complexity index is 1070. The van der Waals surface area contributed by atoms with Crippen LogP contribution >= 0.6 is 11.6 Å². The Morgan fingerprint density at radius 2 is 2.06 bits per heavy atom. The molecule has 31 heavy (non-hydrogen) atoms. The third-order valence-corrected chi connectivity index (χ3v) is 6.54. The minimum Gasteiger partial charge on any atom is -0.492 e. The number of aromatic nitrogens is 1. The van der Waals surface area contributed by atoms with E-state index in [4.69, 9.17) is 25.8 Å². The van der Waals surface area contributed by atoms with Gasteiger partial charge in [0.1, 0.15) is 5.75 Å². The van der Waals surface area contributed by atoms with E-state index in [1.807, 2.05) is 12.1 Å². The van der Waals surface area contributed by atoms with E-state index in [0.29, 0.717) is 37.2 Å². The number of nitrogens with zero attached hydrogens (tertiary/aromatic N) is 1. The molecule has 0 aliphatic carbocycles. The van der Waals surface area contributed by atoms with E-state index in [1.165, 1.54) is 6.92 Å². The van der Waals surface area contributed by atoms with Crippen molar-refractivity contribution in [3.05, 3.63) is 50.8 Å². The van der Waals surface area contributed by atoms with Crippen molar-refractivity contribution >= 4 is 17.4 Å². The van der Waals surface area contributed by atoms with Crippen LogP contribution in [0.15, 0.2) is 29.2 Å². The number of carbonyl (C=O) groups excluding carboxylic acids is 1. The van der Waals surface area contributed by atoms with Gasteiger partial charge < -0.3 is 18.8 Å². The molecule has 0 bridgehead atoms. The molecule has 1 aromatic heterocycles. The van der Waals surface area contributed by atoms with Crippen molar-refractivity contribution in [1.82, 2.24) is 4.57 Å². The van der Waals surface area contributed by atoms with Crippen molar-refractivity contribution in [1.29, 1.82) is 0 Å². The Balaban J connectivity index is 1.88. The van der Waals surface area contributed by atoms with Gasteiger partial charge >= 0.3 is 0 Å². The first kappa shape index (κ1) is 22.1. The first-order valence-corrected chi connectivity index (χ1v) is 10.9. The largest absolute Gasteiger partial charge is 0.492 e. The quantitative estimate of drug-likeness (QED) is 0.484. The molecule has 0 radical (unpaired) electrons. The van der Waals surface area contributed by atoms with Crippen LogP contribution in [-0.2, 0) is 9.47 Å². The van der Waals surface area contributed by atoms with E-state index in [0.717, 1.165) is 23.2 Å². The molecule has 2 aromatic rings. The summed E-state index contributed by atoms with van der Waals surface area (Å²) in [4.78, 5) is 24.8. The highest BCUT2D eigenvalue weighted by Crippen LogP contribution is 2.53. The molecule has 0 N–H and O–H groups in total. The molecule has 4 rings (SSSR count). The molecule has 7 heteroatoms. The second-order valence-corrected chi connectivity index (χ2v) is 9.43. The Morgan fingerprint density at radius 1 is 1.29 bits per heavy atom. The monoisotopic (exact) mass is 445 g/mol. The van der Waals surface area contributed by atoms with Gasteiger partial charge in [-0.2, -0.15) is 0 Å². The van der Waals surface area contributed by atoms with Crippen molar-refractivity contribution in [2.24, 2.45) is 5.41 Å². The number of rotatable bonds is 6. The van der Waals surface area contributed by atoms with Crippen LogP contribution in [0.3, 0.4) is 0 Å². The molecular formula is C24H28ClNO5. The van der Waals surface area contributed by atoms with Gasteiger partial charge in [0.2, 0.25) is 0 Å². The number of Topliss-reactive ketones (excluding diaryl/α,β-unsaturated/α-hetero) is 1. The van der Waals surface area contributed by atoms with Crippen LogP contribution in [0.2, 0.25) is 5.02 Å². The van der Waals surface area contributed by atoms with Gasteiger partial charge in [-0.25, -0.2) is 0 Å². The molecule has 2 aliphatic heterocycles. The fourth-order valence-electron chi connectivity index (χ4n) is 4.85. The number of hydrogen-bond donors (Lipinski definition) is 0. The third kappa shape index (κ3) is 3.93. The second kappa shape index (κ2) is 8.41. The van der Waals surface area contributed by atoms with E-state index in [1.54, 1.807) is 19.4 Å². The molecule has 6 nitrogen and oxygen atoms in total. The van der Waals surface area contributed by atoms with Crippen LogP contribution in [0.5, 0.6) is 5.75 Å². The number of methoxy groups -OCH3 is 1. The minimum atomic E-state index is -0.274. The van der Waals surface area contributed by atoms with Crippen LogP contribution in [0, 0.1) is 5.41 Å². The molecule has 1 saturated heterocycles. The highest BCUT2D eigenvalue weighted by Gasteiger charge is 2.46. The molecule has 1 fully saturated rings. The van der Waals surface area contributed by atoms with Crippen LogP contribution in [0.1, 0.15) is 55.1 Å². The summed E-state index contributed by atoms with van der Waals surface area (Å²) in [7, 11) is 1.66. The van der Waals surface area contributed by atoms with Gasteiger partial charge in [0.05, 0.1) is 42.1 Å². The highest BCUT2D eigenvalue weighted by atomic mass is 35.5. The summed E-state index contributed by atoms with van der Waals surface area (Å²) < 4.78 is 19.1. The van der Waals surface area contributed by atoms with Gasteiger partial charge in [-0.3, -0.25) is 9.59 Å². The van der Waals surface area contributed by atoms with Crippen molar-refractivity contribution < 1.29 is 19.0 Å². The number of carbonyl (C=O) groups is 1. The number of ether oxygens (including phenoxy) is 3. The van der Waals surface area contributed by atoms with Gasteiger partial charge in [0.25, 0.3) is 0 Å². The molecule has 0 saturated carbocycles. The zero-order valence-electron chi connectivity index (χ0n) is 18.4. The summed E-state index contributed by atoms with van der Waals surface area (Å²) in [6.45, 7) is 8.00. The number of benzene rings is 1. The van der Waals surface area contributed by atoms with Gasteiger partial charge in [0.15, 0.2) is 11.2 Å². The summed E-state index contributed by atoms with van der Waals surface area (Å²) in [5.74, 6) is 0.437. The SMILES string of the molecule is COCCCOc1cc2c(cc1Cl)-c1cc(=O)c(C(C)=O)cn1[C@H]1[C@@H]2COCC1(C)C. The smallest absolute Gasteiger partial charge is 0.192 e. The highest BCUT2D eigenvalue weighted by molar-refractivity contribution is 6.32. The lowest BCUT2D eigenvalue weighted by Gasteiger charge is -2.49. The standard InChI is InChI=1S/C24H28ClNO5/c1-14(27)17-11-26-20(10-21(17)28)16-8-19(25)22(31-7-5-6-29-4)9-15(16)18-12-30-13-24(2,3)23(18)26/h8-11,18,23H,5-7,12-13H2,1-4H3/t18-,23+/m1/s1. The topological polar surface area (TPSA) is 66.8 Å². The van der Waals surface area contributed by atoms with Gasteiger partial charge in [-0.1, -0.05) is 25.4 Å². The first-order valence-electron chi connectivity index (χ1n) is 10.5. The molecule has 0 spiro atoms. The zero-order chi connectivity index (χ0) is 22.3. The maximum Gasteiger partial charge on any atom is 0.192 e. The van der Waals surface area contributed by atoms with Gasteiger partial charge in [0, 0.05) is 49.3 Å². The molecule has 3 heterocycles. The van der Waals surface area contributed by atoms with Crippen molar-refractivity contribution in [3.8, 4) is 17.0 Å². The molecule has 2 atom stereocenters. The number of pyridine rings is 1. The Labute approximate surface area is 187 Å². The van der Waals surface area contributed by atoms with Crippen LogP contribution in [0.25, 0.3) is 11.3 Å². The van der Waals surface area contributed by atoms with E-state index in [9.17, 15) is 9.59 Å². The van der Waals surface area contributed by atoms with Crippen molar-refractivity contribution in [3.63, 3.8) is 0 Å². The summed E-state index contributed by atoms with van der Waals surface area (Å²) >= 11 is 6.56. The Kier molecular flexibility index (Phi) is 5.99. The number of fused-ring (bicyclic) bond motifs is 6. The second-order valence-electron chi connectivity index (χ2n) is 9.02. The van der Waals surface area contributed by atoms with Gasteiger partial charge in [-0.15, -0.1) is 0 Å². The van der Waals surface area contributed by atoms with E-state index >= 15 is 0 Å². The average Bonchev–Trinajstić information content (AvgIpc) is 2.71. The lowest BCUT2D eigenvalue weighted by atomic mass is 9.70. The number of halogens is 1. The summed E-state index contributed by atoms with van der Waals surface area (Å²) in [6, 6.07) is 5.44. The summed E-state index contributed by atoms with van der Waals surface area (Å²) in [6.07, 6.45) is 2.48. The lowest BCUT2D eigenvalue weighted by Crippen LogP contribution is -2.45. The fourth-order valence-corrected chi connectivity index (χ4v) is 5.07. The normalized spacial score (nSPS) is 21.1.